The van der Waals surface area contributed by atoms with Gasteiger partial charge in [0.2, 0.25) is 0 Å². The normalized spacial score (nSPS) is 10.7. The number of benzene rings is 2. The Morgan fingerprint density at radius 1 is 0.818 bits per heavy atom. The number of nitrogens with zero attached hydrogens (tertiary/aromatic N) is 1. The lowest BCUT2D eigenvalue weighted by molar-refractivity contribution is 1.32. The molecule has 0 saturated heterocycles. The van der Waals surface area contributed by atoms with Crippen LogP contribution in [0.5, 0.6) is 0 Å². The van der Waals surface area contributed by atoms with Crippen LogP contribution in [0, 0.1) is 0 Å². The standard InChI is InChI=1S/C19H15N3/c1-3-9-18-15(7-1)17(13-21-18)16-8-2-4-10-19(16)22-14-6-5-11-20-12-14/h1-13,21-22H. The highest BCUT2D eigenvalue weighted by molar-refractivity contribution is 5.99. The molecule has 0 spiro atoms. The lowest BCUT2D eigenvalue weighted by Crippen LogP contribution is -1.93. The van der Waals surface area contributed by atoms with Gasteiger partial charge in [-0.1, -0.05) is 36.4 Å². The SMILES string of the molecule is c1cncc(Nc2ccccc2-c2c[nH]c3ccccc23)c1. The highest BCUT2D eigenvalue weighted by atomic mass is 14.9. The van der Waals surface area contributed by atoms with Crippen molar-refractivity contribution in [3.8, 4) is 11.1 Å². The van der Waals surface area contributed by atoms with Crippen molar-refractivity contribution in [2.75, 3.05) is 5.32 Å². The number of para-hydroxylation sites is 2. The first-order valence-electron chi connectivity index (χ1n) is 7.24. The van der Waals surface area contributed by atoms with E-state index in [0.717, 1.165) is 16.9 Å². The second kappa shape index (κ2) is 5.37. The van der Waals surface area contributed by atoms with E-state index in [-0.39, 0.29) is 0 Å². The molecule has 0 bridgehead atoms. The van der Waals surface area contributed by atoms with Gasteiger partial charge in [-0.2, -0.15) is 0 Å². The van der Waals surface area contributed by atoms with E-state index in [2.05, 4.69) is 57.9 Å². The van der Waals surface area contributed by atoms with Gasteiger partial charge >= 0.3 is 0 Å². The third-order valence-electron chi connectivity index (χ3n) is 3.75. The Hall–Kier alpha value is -3.07. The molecule has 2 N–H and O–H groups in total. The minimum absolute atomic E-state index is 0.981. The van der Waals surface area contributed by atoms with Gasteiger partial charge in [0.05, 0.1) is 11.9 Å². The van der Waals surface area contributed by atoms with E-state index in [0.29, 0.717) is 0 Å². The van der Waals surface area contributed by atoms with Gasteiger partial charge in [-0.3, -0.25) is 4.98 Å². The van der Waals surface area contributed by atoms with Crippen LogP contribution in [0.3, 0.4) is 0 Å². The van der Waals surface area contributed by atoms with E-state index in [1.54, 1.807) is 6.20 Å². The van der Waals surface area contributed by atoms with Crippen LogP contribution in [0.25, 0.3) is 22.0 Å². The van der Waals surface area contributed by atoms with Crippen LogP contribution in [-0.4, -0.2) is 9.97 Å². The lowest BCUT2D eigenvalue weighted by atomic mass is 10.0. The van der Waals surface area contributed by atoms with Crippen LogP contribution in [0.1, 0.15) is 0 Å². The zero-order valence-electron chi connectivity index (χ0n) is 12.0. The summed E-state index contributed by atoms with van der Waals surface area (Å²) in [5.74, 6) is 0. The Bertz CT molecular complexity index is 910. The molecular weight excluding hydrogens is 270 g/mol. The van der Waals surface area contributed by atoms with Crippen molar-refractivity contribution in [1.82, 2.24) is 9.97 Å². The summed E-state index contributed by atoms with van der Waals surface area (Å²) in [5, 5.41) is 4.67. The fourth-order valence-corrected chi connectivity index (χ4v) is 2.71. The number of hydrogen-bond acceptors (Lipinski definition) is 2. The van der Waals surface area contributed by atoms with Gasteiger partial charge in [0.15, 0.2) is 0 Å². The van der Waals surface area contributed by atoms with Crippen molar-refractivity contribution in [2.45, 2.75) is 0 Å². The first-order valence-corrected chi connectivity index (χ1v) is 7.24. The molecular formula is C19H15N3. The molecule has 0 atom stereocenters. The fourth-order valence-electron chi connectivity index (χ4n) is 2.71. The zero-order valence-corrected chi connectivity index (χ0v) is 12.0. The maximum Gasteiger partial charge on any atom is 0.0570 e. The first-order chi connectivity index (χ1) is 10.9. The largest absolute Gasteiger partial charge is 0.361 e. The molecule has 4 rings (SSSR count). The molecule has 0 fully saturated rings. The minimum Gasteiger partial charge on any atom is -0.361 e. The van der Waals surface area contributed by atoms with Crippen LogP contribution in [0.15, 0.2) is 79.3 Å². The van der Waals surface area contributed by atoms with Crippen molar-refractivity contribution >= 4 is 22.3 Å². The summed E-state index contributed by atoms with van der Waals surface area (Å²) >= 11 is 0. The number of aromatic nitrogens is 2. The molecule has 22 heavy (non-hydrogen) atoms. The Labute approximate surface area is 128 Å². The van der Waals surface area contributed by atoms with E-state index in [1.165, 1.54) is 16.5 Å². The van der Waals surface area contributed by atoms with Gasteiger partial charge in [-0.25, -0.2) is 0 Å². The number of nitrogens with one attached hydrogen (secondary N) is 2. The average molecular weight is 285 g/mol. The van der Waals surface area contributed by atoms with Crippen LogP contribution < -0.4 is 5.32 Å². The van der Waals surface area contributed by atoms with E-state index in [4.69, 9.17) is 0 Å². The van der Waals surface area contributed by atoms with E-state index in [9.17, 15) is 0 Å². The number of hydrogen-bond donors (Lipinski definition) is 2. The van der Waals surface area contributed by atoms with Gasteiger partial charge < -0.3 is 10.3 Å². The zero-order chi connectivity index (χ0) is 14.8. The number of pyridine rings is 1. The average Bonchev–Trinajstić information content (AvgIpc) is 3.00. The number of H-pyrrole nitrogens is 1. The third-order valence-corrected chi connectivity index (χ3v) is 3.75. The Morgan fingerprint density at radius 3 is 2.59 bits per heavy atom. The molecule has 2 heterocycles. The molecule has 3 nitrogen and oxygen atoms in total. The quantitative estimate of drug-likeness (QED) is 0.557. The molecule has 0 amide bonds. The molecule has 3 heteroatoms. The molecule has 2 aromatic carbocycles. The van der Waals surface area contributed by atoms with Gasteiger partial charge in [-0.15, -0.1) is 0 Å². The molecule has 4 aromatic rings. The van der Waals surface area contributed by atoms with Gasteiger partial charge in [0.25, 0.3) is 0 Å². The monoisotopic (exact) mass is 285 g/mol. The van der Waals surface area contributed by atoms with Crippen LogP contribution >= 0.6 is 0 Å². The van der Waals surface area contributed by atoms with Crippen molar-refractivity contribution < 1.29 is 0 Å². The highest BCUT2D eigenvalue weighted by Crippen LogP contribution is 2.34. The maximum absolute atomic E-state index is 4.15. The highest BCUT2D eigenvalue weighted by Gasteiger charge is 2.09. The topological polar surface area (TPSA) is 40.7 Å². The summed E-state index contributed by atoms with van der Waals surface area (Å²) in [7, 11) is 0. The van der Waals surface area contributed by atoms with Crippen molar-refractivity contribution in [3.05, 3.63) is 79.3 Å². The molecule has 0 radical (unpaired) electrons. The maximum atomic E-state index is 4.15. The summed E-state index contributed by atoms with van der Waals surface area (Å²) < 4.78 is 0. The number of anilines is 2. The molecule has 106 valence electrons. The van der Waals surface area contributed by atoms with Crippen LogP contribution in [0.4, 0.5) is 11.4 Å². The van der Waals surface area contributed by atoms with E-state index >= 15 is 0 Å². The van der Waals surface area contributed by atoms with Crippen LogP contribution in [-0.2, 0) is 0 Å². The first kappa shape index (κ1) is 12.7. The predicted octanol–water partition coefficient (Wildman–Crippen LogP) is 4.97. The summed E-state index contributed by atoms with van der Waals surface area (Å²) in [6.45, 7) is 0. The number of rotatable bonds is 3. The molecule has 0 aliphatic carbocycles. The Morgan fingerprint density at radius 2 is 1.68 bits per heavy atom. The molecule has 0 saturated carbocycles. The minimum atomic E-state index is 0.981. The molecule has 2 aromatic heterocycles. The third kappa shape index (κ3) is 2.23. The fraction of sp³-hybridized carbons (Fsp3) is 0. The molecule has 0 unspecified atom stereocenters. The number of aromatic amines is 1. The smallest absolute Gasteiger partial charge is 0.0570 e. The summed E-state index contributed by atoms with van der Waals surface area (Å²) in [6, 6.07) is 20.6. The van der Waals surface area contributed by atoms with E-state index in [1.807, 2.05) is 30.5 Å². The van der Waals surface area contributed by atoms with Crippen LogP contribution in [0.2, 0.25) is 0 Å². The Kier molecular flexibility index (Phi) is 3.09. The van der Waals surface area contributed by atoms with Crippen molar-refractivity contribution in [3.63, 3.8) is 0 Å². The van der Waals surface area contributed by atoms with Crippen molar-refractivity contribution in [1.29, 1.82) is 0 Å². The van der Waals surface area contributed by atoms with Gasteiger partial charge in [0.1, 0.15) is 0 Å². The lowest BCUT2D eigenvalue weighted by Gasteiger charge is -2.11. The predicted molar refractivity (Wildman–Crippen MR) is 91.3 cm³/mol. The molecule has 0 aliphatic rings. The van der Waals surface area contributed by atoms with Gasteiger partial charge in [0, 0.05) is 40.1 Å². The van der Waals surface area contributed by atoms with Gasteiger partial charge in [-0.05, 0) is 24.3 Å². The summed E-state index contributed by atoms with van der Waals surface area (Å²) in [4.78, 5) is 7.49. The summed E-state index contributed by atoms with van der Waals surface area (Å²) in [5.41, 5.74) is 5.56. The Balaban J connectivity index is 1.82. The second-order valence-electron chi connectivity index (χ2n) is 5.16. The molecule has 0 aliphatic heterocycles. The van der Waals surface area contributed by atoms with E-state index < -0.39 is 0 Å². The number of fused-ring (bicyclic) bond motifs is 1. The second-order valence-corrected chi connectivity index (χ2v) is 5.16. The van der Waals surface area contributed by atoms with Crippen molar-refractivity contribution in [2.24, 2.45) is 0 Å². The summed E-state index contributed by atoms with van der Waals surface area (Å²) in [6.07, 6.45) is 5.66.